The number of nitrogens with one attached hydrogen (secondary N) is 1. The lowest BCUT2D eigenvalue weighted by Gasteiger charge is -2.31. The van der Waals surface area contributed by atoms with Crippen LogP contribution in [0.3, 0.4) is 0 Å². The Morgan fingerprint density at radius 1 is 1.07 bits per heavy atom. The molecule has 1 heterocycles. The number of likely N-dealkylation sites (tertiary alicyclic amines) is 1. The Bertz CT molecular complexity index is 807. The number of hydrogen-bond donors (Lipinski definition) is 1. The summed E-state index contributed by atoms with van der Waals surface area (Å²) in [7, 11) is 1.34. The fourth-order valence-corrected chi connectivity index (χ4v) is 3.68. The van der Waals surface area contributed by atoms with E-state index in [0.29, 0.717) is 22.8 Å². The largest absolute Gasteiger partial charge is 0.465 e. The zero-order chi connectivity index (χ0) is 19.2. The standard InChI is InChI=1S/C21H23ClN2O3/c1-27-20(25)15-10-12-16(13-11-15)23-21(26)24-14-6-2-3-9-19(24)17-7-4-5-8-18(17)22/h4-5,7-8,10-13,19H,2-3,6,9,14H2,1H3,(H,23,26). The van der Waals surface area contributed by atoms with Crippen molar-refractivity contribution in [2.75, 3.05) is 19.0 Å². The number of benzene rings is 2. The third-order valence-electron chi connectivity index (χ3n) is 4.84. The van der Waals surface area contributed by atoms with Crippen LogP contribution in [0.4, 0.5) is 10.5 Å². The van der Waals surface area contributed by atoms with Crippen molar-refractivity contribution in [3.63, 3.8) is 0 Å². The minimum atomic E-state index is -0.404. The van der Waals surface area contributed by atoms with Gasteiger partial charge in [-0.1, -0.05) is 42.6 Å². The Labute approximate surface area is 164 Å². The average molecular weight is 387 g/mol. The van der Waals surface area contributed by atoms with Crippen molar-refractivity contribution in [1.29, 1.82) is 0 Å². The molecule has 1 aliphatic rings. The van der Waals surface area contributed by atoms with Crippen LogP contribution in [0.25, 0.3) is 0 Å². The first-order chi connectivity index (χ1) is 13.1. The SMILES string of the molecule is COC(=O)c1ccc(NC(=O)N2CCCCCC2c2ccccc2Cl)cc1. The quantitative estimate of drug-likeness (QED) is 0.730. The van der Waals surface area contributed by atoms with Crippen LogP contribution >= 0.6 is 11.6 Å². The molecule has 1 saturated heterocycles. The van der Waals surface area contributed by atoms with E-state index in [9.17, 15) is 9.59 Å². The van der Waals surface area contributed by atoms with Gasteiger partial charge in [0.1, 0.15) is 0 Å². The van der Waals surface area contributed by atoms with Gasteiger partial charge < -0.3 is 15.0 Å². The molecule has 142 valence electrons. The lowest BCUT2D eigenvalue weighted by atomic mass is 10.0. The van der Waals surface area contributed by atoms with E-state index in [-0.39, 0.29) is 12.1 Å². The van der Waals surface area contributed by atoms with Gasteiger partial charge in [-0.15, -0.1) is 0 Å². The predicted octanol–water partition coefficient (Wildman–Crippen LogP) is 5.28. The molecule has 0 aliphatic carbocycles. The number of hydrogen-bond acceptors (Lipinski definition) is 3. The highest BCUT2D eigenvalue weighted by Gasteiger charge is 2.28. The summed E-state index contributed by atoms with van der Waals surface area (Å²) in [5.41, 5.74) is 2.06. The van der Waals surface area contributed by atoms with E-state index in [4.69, 9.17) is 16.3 Å². The van der Waals surface area contributed by atoms with Crippen LogP contribution in [-0.2, 0) is 4.74 Å². The molecule has 0 saturated carbocycles. The van der Waals surface area contributed by atoms with Gasteiger partial charge >= 0.3 is 12.0 Å². The Hall–Kier alpha value is -2.53. The molecule has 2 amide bonds. The zero-order valence-corrected chi connectivity index (χ0v) is 16.0. The molecule has 1 fully saturated rings. The molecule has 2 aromatic rings. The first-order valence-electron chi connectivity index (χ1n) is 9.10. The number of methoxy groups -OCH3 is 1. The van der Waals surface area contributed by atoms with Gasteiger partial charge in [-0.25, -0.2) is 9.59 Å². The molecule has 0 aromatic heterocycles. The fraction of sp³-hybridized carbons (Fsp3) is 0.333. The molecular formula is C21H23ClN2O3. The maximum absolute atomic E-state index is 13.0. The van der Waals surface area contributed by atoms with Gasteiger partial charge in [0.05, 0.1) is 18.7 Å². The fourth-order valence-electron chi connectivity index (χ4n) is 3.42. The number of rotatable bonds is 3. The molecule has 6 heteroatoms. The van der Waals surface area contributed by atoms with Gasteiger partial charge in [0, 0.05) is 17.3 Å². The smallest absolute Gasteiger partial charge is 0.337 e. The number of carbonyl (C=O) groups is 2. The molecule has 1 atom stereocenters. The topological polar surface area (TPSA) is 58.6 Å². The minimum Gasteiger partial charge on any atom is -0.465 e. The highest BCUT2D eigenvalue weighted by Crippen LogP contribution is 2.34. The number of anilines is 1. The average Bonchev–Trinajstić information content (AvgIpc) is 2.94. The summed E-state index contributed by atoms with van der Waals surface area (Å²) in [6, 6.07) is 14.2. The number of carbonyl (C=O) groups excluding carboxylic acids is 2. The van der Waals surface area contributed by atoms with E-state index in [2.05, 4.69) is 5.32 Å². The molecule has 0 bridgehead atoms. The van der Waals surface area contributed by atoms with Gasteiger partial charge in [0.15, 0.2) is 0 Å². The molecule has 1 aliphatic heterocycles. The molecule has 1 unspecified atom stereocenters. The highest BCUT2D eigenvalue weighted by molar-refractivity contribution is 6.31. The molecule has 3 rings (SSSR count). The molecule has 2 aromatic carbocycles. The van der Waals surface area contributed by atoms with E-state index < -0.39 is 5.97 Å². The van der Waals surface area contributed by atoms with Crippen molar-refractivity contribution in [3.8, 4) is 0 Å². The second-order valence-electron chi connectivity index (χ2n) is 6.58. The van der Waals surface area contributed by atoms with Crippen LogP contribution in [0.5, 0.6) is 0 Å². The maximum atomic E-state index is 13.0. The van der Waals surface area contributed by atoms with Crippen molar-refractivity contribution < 1.29 is 14.3 Å². The van der Waals surface area contributed by atoms with Crippen molar-refractivity contribution in [3.05, 3.63) is 64.7 Å². The van der Waals surface area contributed by atoms with Gasteiger partial charge in [0.2, 0.25) is 0 Å². The van der Waals surface area contributed by atoms with E-state index in [0.717, 1.165) is 31.2 Å². The van der Waals surface area contributed by atoms with Crippen LogP contribution in [-0.4, -0.2) is 30.6 Å². The Morgan fingerprint density at radius 3 is 2.52 bits per heavy atom. The van der Waals surface area contributed by atoms with Gasteiger partial charge in [-0.2, -0.15) is 0 Å². The monoisotopic (exact) mass is 386 g/mol. The van der Waals surface area contributed by atoms with Crippen LogP contribution in [0.1, 0.15) is 47.6 Å². The number of amides is 2. The summed E-state index contributed by atoms with van der Waals surface area (Å²) in [6.45, 7) is 0.683. The van der Waals surface area contributed by atoms with Crippen LogP contribution in [0, 0.1) is 0 Å². The van der Waals surface area contributed by atoms with Gasteiger partial charge in [-0.3, -0.25) is 0 Å². The highest BCUT2D eigenvalue weighted by atomic mass is 35.5. The van der Waals surface area contributed by atoms with E-state index in [1.807, 2.05) is 29.2 Å². The molecular weight excluding hydrogens is 364 g/mol. The summed E-state index contributed by atoms with van der Waals surface area (Å²) in [6.07, 6.45) is 4.01. The second-order valence-corrected chi connectivity index (χ2v) is 6.99. The number of urea groups is 1. The summed E-state index contributed by atoms with van der Waals surface area (Å²) in [5, 5.41) is 3.62. The molecule has 0 spiro atoms. The van der Waals surface area contributed by atoms with Crippen molar-refractivity contribution in [2.45, 2.75) is 31.7 Å². The van der Waals surface area contributed by atoms with Crippen LogP contribution in [0.15, 0.2) is 48.5 Å². The molecule has 5 nitrogen and oxygen atoms in total. The third-order valence-corrected chi connectivity index (χ3v) is 5.18. The normalized spacial score (nSPS) is 17.1. The van der Waals surface area contributed by atoms with Gasteiger partial charge in [-0.05, 0) is 48.7 Å². The second kappa shape index (κ2) is 8.91. The zero-order valence-electron chi connectivity index (χ0n) is 15.3. The summed E-state index contributed by atoms with van der Waals surface area (Å²) >= 11 is 6.40. The molecule has 0 radical (unpaired) electrons. The first-order valence-corrected chi connectivity index (χ1v) is 9.48. The minimum absolute atomic E-state index is 0.0458. The van der Waals surface area contributed by atoms with Crippen molar-refractivity contribution >= 4 is 29.3 Å². The Morgan fingerprint density at radius 2 is 1.81 bits per heavy atom. The lowest BCUT2D eigenvalue weighted by molar-refractivity contribution is 0.0600. The van der Waals surface area contributed by atoms with Crippen molar-refractivity contribution in [1.82, 2.24) is 4.90 Å². The van der Waals surface area contributed by atoms with Crippen LogP contribution in [0.2, 0.25) is 5.02 Å². The lowest BCUT2D eigenvalue weighted by Crippen LogP contribution is -2.38. The summed E-state index contributed by atoms with van der Waals surface area (Å²) in [4.78, 5) is 26.4. The molecule has 1 N–H and O–H groups in total. The third kappa shape index (κ3) is 4.61. The molecule has 27 heavy (non-hydrogen) atoms. The Balaban J connectivity index is 1.78. The van der Waals surface area contributed by atoms with Crippen molar-refractivity contribution in [2.24, 2.45) is 0 Å². The van der Waals surface area contributed by atoms with Gasteiger partial charge in [0.25, 0.3) is 0 Å². The number of halogens is 1. The number of ether oxygens (including phenoxy) is 1. The van der Waals surface area contributed by atoms with Crippen LogP contribution < -0.4 is 5.32 Å². The number of nitrogens with zero attached hydrogens (tertiary/aromatic N) is 1. The van der Waals surface area contributed by atoms with E-state index in [1.165, 1.54) is 7.11 Å². The van der Waals surface area contributed by atoms with E-state index >= 15 is 0 Å². The Kier molecular flexibility index (Phi) is 6.35. The first kappa shape index (κ1) is 19.2. The maximum Gasteiger partial charge on any atom is 0.337 e. The summed E-state index contributed by atoms with van der Waals surface area (Å²) in [5.74, 6) is -0.404. The van der Waals surface area contributed by atoms with E-state index in [1.54, 1.807) is 24.3 Å². The summed E-state index contributed by atoms with van der Waals surface area (Å²) < 4.78 is 4.69. The number of esters is 1. The predicted molar refractivity (Wildman–Crippen MR) is 106 cm³/mol.